The predicted molar refractivity (Wildman–Crippen MR) is 99.1 cm³/mol. The quantitative estimate of drug-likeness (QED) is 0.832. The highest BCUT2D eigenvalue weighted by atomic mass is 16.2. The Hall–Kier alpha value is -2.90. The minimum atomic E-state index is -0.407. The molecule has 1 aromatic heterocycles. The molecule has 2 aliphatic heterocycles. The number of piperazine rings is 1. The largest absolute Gasteiger partial charge is 0.344 e. The molecular formula is C19H23N5O3. The fraction of sp³-hybridized carbons (Fsp3) is 0.474. The van der Waals surface area contributed by atoms with E-state index in [1.807, 2.05) is 19.1 Å². The molecule has 2 aliphatic rings. The fourth-order valence-electron chi connectivity index (χ4n) is 3.70. The number of hydrogen-bond donors (Lipinski definition) is 2. The van der Waals surface area contributed by atoms with Crippen molar-refractivity contribution in [2.75, 3.05) is 26.2 Å². The lowest BCUT2D eigenvalue weighted by Crippen LogP contribution is -2.54. The van der Waals surface area contributed by atoms with Gasteiger partial charge in [0.15, 0.2) is 0 Å². The number of nitrogens with one attached hydrogen (secondary N) is 2. The molecule has 3 amide bonds. The van der Waals surface area contributed by atoms with E-state index in [0.29, 0.717) is 44.6 Å². The topological polar surface area (TPSA) is 98.4 Å². The first-order chi connectivity index (χ1) is 13.0. The van der Waals surface area contributed by atoms with E-state index < -0.39 is 6.04 Å². The van der Waals surface area contributed by atoms with E-state index in [4.69, 9.17) is 0 Å². The summed E-state index contributed by atoms with van der Waals surface area (Å²) in [7, 11) is 0. The molecule has 0 saturated carbocycles. The zero-order chi connectivity index (χ0) is 19.0. The van der Waals surface area contributed by atoms with Crippen molar-refractivity contribution in [1.82, 2.24) is 25.1 Å². The Labute approximate surface area is 156 Å². The number of carbonyl (C=O) groups excluding carboxylic acids is 3. The highest BCUT2D eigenvalue weighted by Crippen LogP contribution is 2.17. The van der Waals surface area contributed by atoms with Crippen molar-refractivity contribution < 1.29 is 14.4 Å². The van der Waals surface area contributed by atoms with Crippen LogP contribution in [0, 0.1) is 0 Å². The smallest absolute Gasteiger partial charge is 0.254 e. The van der Waals surface area contributed by atoms with Gasteiger partial charge >= 0.3 is 0 Å². The number of imidazole rings is 1. The van der Waals surface area contributed by atoms with Gasteiger partial charge in [0.1, 0.15) is 11.9 Å². The number of aromatic amines is 1. The number of H-pyrrole nitrogens is 1. The Balaban J connectivity index is 1.39. The van der Waals surface area contributed by atoms with Gasteiger partial charge < -0.3 is 20.1 Å². The van der Waals surface area contributed by atoms with Crippen LogP contribution in [0.4, 0.5) is 0 Å². The minimum absolute atomic E-state index is 0.0363. The highest BCUT2D eigenvalue weighted by molar-refractivity contribution is 5.97. The van der Waals surface area contributed by atoms with Crippen molar-refractivity contribution in [3.8, 4) is 0 Å². The molecule has 4 rings (SSSR count). The summed E-state index contributed by atoms with van der Waals surface area (Å²) in [6.07, 6.45) is 1.78. The third-order valence-electron chi connectivity index (χ3n) is 5.28. The standard InChI is InChI=1S/C19H23N5O3/c1-2-16-20-13-4-3-12(11-15(13)21-16)18(26)23-7-9-24(10-8-23)19(27)14-5-6-17(25)22-14/h3-4,11,14H,2,5-10H2,1H3,(H,20,21)(H,22,25). The number of carbonyl (C=O) groups is 3. The van der Waals surface area contributed by atoms with E-state index in [9.17, 15) is 14.4 Å². The van der Waals surface area contributed by atoms with Gasteiger partial charge in [0.05, 0.1) is 11.0 Å². The van der Waals surface area contributed by atoms with Crippen LogP contribution in [0.1, 0.15) is 35.9 Å². The van der Waals surface area contributed by atoms with Gasteiger partial charge in [0.25, 0.3) is 5.91 Å². The predicted octanol–water partition coefficient (Wildman–Crippen LogP) is 0.688. The molecule has 2 saturated heterocycles. The number of fused-ring (bicyclic) bond motifs is 1. The van der Waals surface area contributed by atoms with Crippen molar-refractivity contribution in [3.05, 3.63) is 29.6 Å². The van der Waals surface area contributed by atoms with E-state index >= 15 is 0 Å². The monoisotopic (exact) mass is 369 g/mol. The van der Waals surface area contributed by atoms with Crippen molar-refractivity contribution >= 4 is 28.8 Å². The molecule has 1 aromatic carbocycles. The van der Waals surface area contributed by atoms with E-state index in [1.54, 1.807) is 15.9 Å². The van der Waals surface area contributed by atoms with Gasteiger partial charge in [-0.3, -0.25) is 14.4 Å². The first-order valence-corrected chi connectivity index (χ1v) is 9.41. The van der Waals surface area contributed by atoms with Crippen molar-refractivity contribution in [1.29, 1.82) is 0 Å². The van der Waals surface area contributed by atoms with E-state index in [-0.39, 0.29) is 17.7 Å². The molecule has 2 fully saturated rings. The molecule has 3 heterocycles. The summed E-state index contributed by atoms with van der Waals surface area (Å²) < 4.78 is 0. The molecule has 0 radical (unpaired) electrons. The lowest BCUT2D eigenvalue weighted by molar-refractivity contribution is -0.135. The van der Waals surface area contributed by atoms with Gasteiger partial charge in [-0.05, 0) is 24.6 Å². The molecule has 0 bridgehead atoms. The van der Waals surface area contributed by atoms with Crippen LogP contribution < -0.4 is 5.32 Å². The molecular weight excluding hydrogens is 346 g/mol. The van der Waals surface area contributed by atoms with Gasteiger partial charge in [0, 0.05) is 44.6 Å². The molecule has 1 unspecified atom stereocenters. The SMILES string of the molecule is CCc1nc2ccc(C(=O)N3CCN(C(=O)C4CCC(=O)N4)CC3)cc2[nH]1. The first kappa shape index (κ1) is 17.5. The maximum atomic E-state index is 12.8. The number of benzene rings is 1. The number of amides is 3. The van der Waals surface area contributed by atoms with Crippen LogP contribution in [0.2, 0.25) is 0 Å². The highest BCUT2D eigenvalue weighted by Gasteiger charge is 2.33. The maximum Gasteiger partial charge on any atom is 0.254 e. The Bertz CT molecular complexity index is 898. The van der Waals surface area contributed by atoms with Crippen molar-refractivity contribution in [2.45, 2.75) is 32.2 Å². The van der Waals surface area contributed by atoms with Crippen LogP contribution in [-0.2, 0) is 16.0 Å². The minimum Gasteiger partial charge on any atom is -0.344 e. The molecule has 8 nitrogen and oxygen atoms in total. The van der Waals surface area contributed by atoms with Crippen LogP contribution in [0.15, 0.2) is 18.2 Å². The van der Waals surface area contributed by atoms with Gasteiger partial charge in [-0.1, -0.05) is 6.92 Å². The van der Waals surface area contributed by atoms with E-state index in [1.165, 1.54) is 0 Å². The summed E-state index contributed by atoms with van der Waals surface area (Å²) in [6.45, 7) is 3.99. The molecule has 0 spiro atoms. The second-order valence-electron chi connectivity index (χ2n) is 7.05. The summed E-state index contributed by atoms with van der Waals surface area (Å²) in [5.74, 6) is 0.757. The summed E-state index contributed by atoms with van der Waals surface area (Å²) in [5.41, 5.74) is 2.34. The second kappa shape index (κ2) is 7.02. The number of aryl methyl sites for hydroxylation is 1. The third-order valence-corrected chi connectivity index (χ3v) is 5.28. The average Bonchev–Trinajstić information content (AvgIpc) is 3.32. The lowest BCUT2D eigenvalue weighted by Gasteiger charge is -2.36. The summed E-state index contributed by atoms with van der Waals surface area (Å²) in [6, 6.07) is 5.10. The van der Waals surface area contributed by atoms with Gasteiger partial charge in [-0.15, -0.1) is 0 Å². The summed E-state index contributed by atoms with van der Waals surface area (Å²) >= 11 is 0. The number of nitrogens with zero attached hydrogens (tertiary/aromatic N) is 3. The first-order valence-electron chi connectivity index (χ1n) is 9.41. The summed E-state index contributed by atoms with van der Waals surface area (Å²) in [4.78, 5) is 47.8. The Kier molecular flexibility index (Phi) is 4.55. The van der Waals surface area contributed by atoms with Crippen molar-refractivity contribution in [3.63, 3.8) is 0 Å². The zero-order valence-corrected chi connectivity index (χ0v) is 15.3. The third kappa shape index (κ3) is 3.39. The van der Waals surface area contributed by atoms with Crippen molar-refractivity contribution in [2.24, 2.45) is 0 Å². The lowest BCUT2D eigenvalue weighted by atomic mass is 10.1. The van der Waals surface area contributed by atoms with E-state index in [0.717, 1.165) is 23.3 Å². The molecule has 1 atom stereocenters. The van der Waals surface area contributed by atoms with Crippen LogP contribution >= 0.6 is 0 Å². The molecule has 2 N–H and O–H groups in total. The van der Waals surface area contributed by atoms with Gasteiger partial charge in [0.2, 0.25) is 11.8 Å². The number of hydrogen-bond acceptors (Lipinski definition) is 4. The number of rotatable bonds is 3. The zero-order valence-electron chi connectivity index (χ0n) is 15.3. The second-order valence-corrected chi connectivity index (χ2v) is 7.05. The van der Waals surface area contributed by atoms with Gasteiger partial charge in [-0.2, -0.15) is 0 Å². The molecule has 2 aromatic rings. The maximum absolute atomic E-state index is 12.8. The van der Waals surface area contributed by atoms with Crippen LogP contribution in [0.5, 0.6) is 0 Å². The number of aromatic nitrogens is 2. The molecule has 27 heavy (non-hydrogen) atoms. The molecule has 0 aliphatic carbocycles. The average molecular weight is 369 g/mol. The Morgan fingerprint density at radius 1 is 1.19 bits per heavy atom. The van der Waals surface area contributed by atoms with Gasteiger partial charge in [-0.25, -0.2) is 4.98 Å². The summed E-state index contributed by atoms with van der Waals surface area (Å²) in [5, 5.41) is 2.71. The van der Waals surface area contributed by atoms with Crippen LogP contribution in [0.3, 0.4) is 0 Å². The van der Waals surface area contributed by atoms with Crippen LogP contribution in [-0.4, -0.2) is 69.7 Å². The fourth-order valence-corrected chi connectivity index (χ4v) is 3.70. The Morgan fingerprint density at radius 2 is 1.93 bits per heavy atom. The molecule has 8 heteroatoms. The van der Waals surface area contributed by atoms with E-state index in [2.05, 4.69) is 15.3 Å². The molecule has 142 valence electrons. The normalized spacial score (nSPS) is 20.2. The van der Waals surface area contributed by atoms with Crippen LogP contribution in [0.25, 0.3) is 11.0 Å². The Morgan fingerprint density at radius 3 is 2.59 bits per heavy atom.